The first kappa shape index (κ1) is 26.8. The molecule has 1 saturated heterocycles. The van der Waals surface area contributed by atoms with Crippen LogP contribution in [0.2, 0.25) is 0 Å². The Balaban J connectivity index is 1.43. The number of nitrogens with one attached hydrogen (secondary N) is 1. The Hall–Kier alpha value is -2.22. The average molecular weight is 746 g/mol. The highest BCUT2D eigenvalue weighted by molar-refractivity contribution is 14.1. The van der Waals surface area contributed by atoms with Crippen LogP contribution < -0.4 is 10.1 Å². The lowest BCUT2D eigenvalue weighted by molar-refractivity contribution is -0.127. The van der Waals surface area contributed by atoms with E-state index in [0.29, 0.717) is 25.9 Å². The molecule has 0 atom stereocenters. The van der Waals surface area contributed by atoms with Gasteiger partial charge < -0.3 is 10.1 Å². The number of nitrogens with zero attached hydrogens (tertiary/aromatic N) is 1. The van der Waals surface area contributed by atoms with Crippen molar-refractivity contribution in [3.63, 3.8) is 0 Å². The summed E-state index contributed by atoms with van der Waals surface area (Å²) in [6.45, 7) is -0.141. The first-order valence-electron chi connectivity index (χ1n) is 10.4. The maximum Gasteiger partial charge on any atom is 0.294 e. The van der Waals surface area contributed by atoms with Crippen LogP contribution in [0.4, 0.5) is 14.9 Å². The topological polar surface area (TPSA) is 75.7 Å². The van der Waals surface area contributed by atoms with E-state index in [9.17, 15) is 18.8 Å². The highest BCUT2D eigenvalue weighted by Crippen LogP contribution is 2.38. The van der Waals surface area contributed by atoms with Crippen molar-refractivity contribution in [2.24, 2.45) is 0 Å². The molecule has 6 nitrogen and oxygen atoms in total. The van der Waals surface area contributed by atoms with E-state index in [1.165, 1.54) is 12.1 Å². The fourth-order valence-corrected chi connectivity index (χ4v) is 5.85. The number of anilines is 1. The Labute approximate surface area is 241 Å². The molecule has 1 aliphatic heterocycles. The van der Waals surface area contributed by atoms with Gasteiger partial charge in [0.2, 0.25) is 5.91 Å². The molecule has 184 valence electrons. The summed E-state index contributed by atoms with van der Waals surface area (Å²) >= 11 is 9.88. The van der Waals surface area contributed by atoms with Gasteiger partial charge in [0.15, 0.2) is 0 Å². The summed E-state index contributed by atoms with van der Waals surface area (Å²) in [6.07, 6.45) is 1.58. The number of imide groups is 1. The predicted octanol–water partition coefficient (Wildman–Crippen LogP) is 7.21. The van der Waals surface area contributed by atoms with Crippen LogP contribution in [-0.2, 0) is 16.2 Å². The summed E-state index contributed by atoms with van der Waals surface area (Å²) in [6, 6.07) is 16.7. The number of rotatable bonds is 7. The zero-order valence-corrected chi connectivity index (χ0v) is 24.4. The van der Waals surface area contributed by atoms with Gasteiger partial charge in [0, 0.05) is 9.26 Å². The molecule has 0 unspecified atom stereocenters. The minimum Gasteiger partial charge on any atom is -0.487 e. The van der Waals surface area contributed by atoms with E-state index in [4.69, 9.17) is 4.74 Å². The Bertz CT molecular complexity index is 1340. The van der Waals surface area contributed by atoms with Gasteiger partial charge in [-0.05, 0) is 132 Å². The second-order valence-corrected chi connectivity index (χ2v) is 11.5. The summed E-state index contributed by atoms with van der Waals surface area (Å²) in [7, 11) is 0. The van der Waals surface area contributed by atoms with Crippen molar-refractivity contribution in [1.82, 2.24) is 4.90 Å². The molecule has 0 radical (unpaired) electrons. The molecule has 1 aliphatic rings. The molecule has 0 saturated carbocycles. The number of hydrogen-bond acceptors (Lipinski definition) is 5. The highest BCUT2D eigenvalue weighted by Gasteiger charge is 2.36. The summed E-state index contributed by atoms with van der Waals surface area (Å²) in [5.74, 6) is -0.780. The fourth-order valence-electron chi connectivity index (χ4n) is 3.20. The molecule has 1 fully saturated rings. The van der Waals surface area contributed by atoms with E-state index in [2.05, 4.69) is 59.8 Å². The van der Waals surface area contributed by atoms with E-state index in [0.717, 1.165) is 25.8 Å². The van der Waals surface area contributed by atoms with Gasteiger partial charge in [-0.1, -0.05) is 12.1 Å². The van der Waals surface area contributed by atoms with Gasteiger partial charge in [0.25, 0.3) is 11.1 Å². The summed E-state index contributed by atoms with van der Waals surface area (Å²) in [4.78, 5) is 38.8. The second-order valence-electron chi connectivity index (χ2n) is 7.55. The first-order valence-corrected chi connectivity index (χ1v) is 13.8. The third-order valence-corrected chi connectivity index (χ3v) is 7.72. The van der Waals surface area contributed by atoms with Crippen LogP contribution in [-0.4, -0.2) is 28.5 Å². The zero-order chi connectivity index (χ0) is 25.8. The zero-order valence-electron chi connectivity index (χ0n) is 18.3. The third kappa shape index (κ3) is 6.75. The Morgan fingerprint density at radius 3 is 2.33 bits per heavy atom. The van der Waals surface area contributed by atoms with Crippen LogP contribution in [0.15, 0.2) is 74.5 Å². The summed E-state index contributed by atoms with van der Waals surface area (Å²) in [5.41, 5.74) is 2.04. The van der Waals surface area contributed by atoms with Crippen molar-refractivity contribution in [1.29, 1.82) is 0 Å². The molecular weight excluding hydrogens is 730 g/mol. The van der Waals surface area contributed by atoms with Crippen LogP contribution in [0.3, 0.4) is 0 Å². The molecule has 1 N–H and O–H groups in total. The van der Waals surface area contributed by atoms with Gasteiger partial charge in [-0.2, -0.15) is 0 Å². The number of ether oxygens (including phenoxy) is 1. The third-order valence-electron chi connectivity index (χ3n) is 4.92. The smallest absolute Gasteiger partial charge is 0.294 e. The van der Waals surface area contributed by atoms with Crippen molar-refractivity contribution in [3.05, 3.63) is 95.0 Å². The maximum atomic E-state index is 13.1. The predicted molar refractivity (Wildman–Crippen MR) is 153 cm³/mol. The van der Waals surface area contributed by atoms with Crippen LogP contribution >= 0.6 is 66.2 Å². The SMILES string of the molecule is O=C(CN1C(=O)S/C(=C\c2cc(Br)c(OCc3ccc(F)cc3)c(Br)c2)C1=O)Nc1ccc(I)cc1. The van der Waals surface area contributed by atoms with E-state index in [1.807, 2.05) is 12.1 Å². The molecule has 3 aromatic rings. The lowest BCUT2D eigenvalue weighted by Gasteiger charge is -2.13. The first-order chi connectivity index (χ1) is 17.2. The minimum absolute atomic E-state index is 0.209. The van der Waals surface area contributed by atoms with Crippen molar-refractivity contribution >= 4 is 95.0 Å². The number of benzene rings is 3. The van der Waals surface area contributed by atoms with Crippen molar-refractivity contribution in [2.75, 3.05) is 11.9 Å². The van der Waals surface area contributed by atoms with Crippen LogP contribution in [0.5, 0.6) is 5.75 Å². The molecule has 11 heteroatoms. The van der Waals surface area contributed by atoms with Crippen molar-refractivity contribution < 1.29 is 23.5 Å². The van der Waals surface area contributed by atoms with E-state index >= 15 is 0 Å². The lowest BCUT2D eigenvalue weighted by atomic mass is 10.2. The largest absolute Gasteiger partial charge is 0.487 e. The minimum atomic E-state index is -0.536. The van der Waals surface area contributed by atoms with E-state index in [-0.39, 0.29) is 23.9 Å². The van der Waals surface area contributed by atoms with Gasteiger partial charge in [-0.25, -0.2) is 4.39 Å². The van der Waals surface area contributed by atoms with Crippen LogP contribution in [0.25, 0.3) is 6.08 Å². The Morgan fingerprint density at radius 1 is 1.06 bits per heavy atom. The molecule has 0 spiro atoms. The molecule has 1 heterocycles. The lowest BCUT2D eigenvalue weighted by Crippen LogP contribution is -2.36. The monoisotopic (exact) mass is 744 g/mol. The molecule has 36 heavy (non-hydrogen) atoms. The van der Waals surface area contributed by atoms with Crippen molar-refractivity contribution in [3.8, 4) is 5.75 Å². The average Bonchev–Trinajstić information content (AvgIpc) is 3.08. The van der Waals surface area contributed by atoms with E-state index in [1.54, 1.807) is 42.5 Å². The molecule has 3 amide bonds. The molecule has 3 aromatic carbocycles. The van der Waals surface area contributed by atoms with E-state index < -0.39 is 17.1 Å². The number of halogens is 4. The Kier molecular flexibility index (Phi) is 8.86. The Morgan fingerprint density at radius 2 is 1.69 bits per heavy atom. The maximum absolute atomic E-state index is 13.1. The number of carbonyl (C=O) groups excluding carboxylic acids is 3. The summed E-state index contributed by atoms with van der Waals surface area (Å²) in [5, 5.41) is 2.17. The van der Waals surface area contributed by atoms with Gasteiger partial charge >= 0.3 is 0 Å². The van der Waals surface area contributed by atoms with Gasteiger partial charge in [-0.15, -0.1) is 0 Å². The number of thioether (sulfide) groups is 1. The van der Waals surface area contributed by atoms with Crippen LogP contribution in [0.1, 0.15) is 11.1 Å². The fraction of sp³-hybridized carbons (Fsp3) is 0.0800. The molecule has 0 aliphatic carbocycles. The number of hydrogen-bond donors (Lipinski definition) is 1. The molecule has 0 bridgehead atoms. The van der Waals surface area contributed by atoms with Gasteiger partial charge in [0.05, 0.1) is 13.9 Å². The van der Waals surface area contributed by atoms with Crippen LogP contribution in [0, 0.1) is 9.39 Å². The molecule has 4 rings (SSSR count). The number of carbonyl (C=O) groups is 3. The summed E-state index contributed by atoms with van der Waals surface area (Å²) < 4.78 is 21.2. The standard InChI is InChI=1S/C25H16Br2FIN2O4S/c26-19-9-15(10-20(27)23(19)35-13-14-1-3-16(28)4-2-14)11-21-24(33)31(25(34)36-21)12-22(32)30-18-7-5-17(29)6-8-18/h1-11H,12-13H2,(H,30,32)/b21-11-. The van der Waals surface area contributed by atoms with Crippen molar-refractivity contribution in [2.45, 2.75) is 6.61 Å². The second kappa shape index (κ2) is 11.9. The van der Waals surface area contributed by atoms with Gasteiger partial charge in [0.1, 0.15) is 24.7 Å². The highest BCUT2D eigenvalue weighted by atomic mass is 127. The molecule has 0 aromatic heterocycles. The molecular formula is C25H16Br2FIN2O4S. The van der Waals surface area contributed by atoms with Gasteiger partial charge in [-0.3, -0.25) is 19.3 Å². The quantitative estimate of drug-likeness (QED) is 0.205. The normalized spacial score (nSPS) is 14.4. The number of amides is 3.